The fourth-order valence-electron chi connectivity index (χ4n) is 3.22. The summed E-state index contributed by atoms with van der Waals surface area (Å²) in [6.07, 6.45) is -2.19. The van der Waals surface area contributed by atoms with Crippen LogP contribution in [0.1, 0.15) is 44.2 Å². The van der Waals surface area contributed by atoms with Crippen molar-refractivity contribution in [1.29, 1.82) is 0 Å². The lowest BCUT2D eigenvalue weighted by atomic mass is 9.76. The van der Waals surface area contributed by atoms with Crippen molar-refractivity contribution in [2.24, 2.45) is 11.8 Å². The molecule has 112 valence electrons. The topological polar surface area (TPSA) is 12.0 Å². The van der Waals surface area contributed by atoms with Gasteiger partial charge in [0.1, 0.15) is 0 Å². The lowest BCUT2D eigenvalue weighted by molar-refractivity contribution is -0.184. The molecule has 0 bridgehead atoms. The van der Waals surface area contributed by atoms with Crippen molar-refractivity contribution >= 4 is 0 Å². The summed E-state index contributed by atoms with van der Waals surface area (Å²) in [4.78, 5) is 0. The molecule has 1 aromatic rings. The Labute approximate surface area is 118 Å². The van der Waals surface area contributed by atoms with Gasteiger partial charge in [-0.3, -0.25) is 0 Å². The summed E-state index contributed by atoms with van der Waals surface area (Å²) in [5.41, 5.74) is 1.19. The second-order valence-electron chi connectivity index (χ2n) is 5.60. The number of halogens is 3. The van der Waals surface area contributed by atoms with E-state index in [2.05, 4.69) is 17.4 Å². The highest BCUT2D eigenvalue weighted by atomic mass is 19.4. The van der Waals surface area contributed by atoms with E-state index in [1.807, 2.05) is 25.1 Å². The summed E-state index contributed by atoms with van der Waals surface area (Å²) in [6.45, 7) is 2.87. The minimum absolute atomic E-state index is 0.176. The molecule has 20 heavy (non-hydrogen) atoms. The lowest BCUT2D eigenvalue weighted by Gasteiger charge is -2.35. The van der Waals surface area contributed by atoms with Crippen LogP contribution in [0.3, 0.4) is 0 Å². The van der Waals surface area contributed by atoms with Crippen LogP contribution in [0.15, 0.2) is 30.3 Å². The van der Waals surface area contributed by atoms with Gasteiger partial charge in [0.25, 0.3) is 0 Å². The number of benzene rings is 1. The highest BCUT2D eigenvalue weighted by Gasteiger charge is 2.42. The molecular formula is C16H22F3N. The number of rotatable bonds is 4. The Morgan fingerprint density at radius 1 is 1.10 bits per heavy atom. The Hall–Kier alpha value is -1.03. The Balaban J connectivity index is 2.02. The monoisotopic (exact) mass is 285 g/mol. The summed E-state index contributed by atoms with van der Waals surface area (Å²) in [5.74, 6) is -0.798. The fraction of sp³-hybridized carbons (Fsp3) is 0.625. The average molecular weight is 285 g/mol. The number of hydrogen-bond acceptors (Lipinski definition) is 1. The van der Waals surface area contributed by atoms with Gasteiger partial charge < -0.3 is 5.32 Å². The zero-order valence-corrected chi connectivity index (χ0v) is 11.8. The molecule has 1 aromatic carbocycles. The Bertz CT molecular complexity index is 394. The molecule has 4 heteroatoms. The molecule has 0 saturated heterocycles. The second kappa shape index (κ2) is 6.61. The van der Waals surface area contributed by atoms with Crippen molar-refractivity contribution in [2.45, 2.75) is 44.8 Å². The first-order chi connectivity index (χ1) is 9.52. The van der Waals surface area contributed by atoms with Gasteiger partial charge in [-0.15, -0.1) is 0 Å². The zero-order valence-electron chi connectivity index (χ0n) is 11.8. The van der Waals surface area contributed by atoms with Crippen molar-refractivity contribution in [3.63, 3.8) is 0 Å². The van der Waals surface area contributed by atoms with Crippen LogP contribution in [0, 0.1) is 11.8 Å². The molecule has 0 spiro atoms. The van der Waals surface area contributed by atoms with Crippen LogP contribution in [-0.4, -0.2) is 12.7 Å². The fourth-order valence-corrected chi connectivity index (χ4v) is 3.22. The largest absolute Gasteiger partial charge is 0.391 e. The Morgan fingerprint density at radius 2 is 1.70 bits per heavy atom. The second-order valence-corrected chi connectivity index (χ2v) is 5.60. The van der Waals surface area contributed by atoms with Crippen molar-refractivity contribution in [3.05, 3.63) is 35.9 Å². The number of hydrogen-bond donors (Lipinski definition) is 1. The molecule has 1 nitrogen and oxygen atoms in total. The molecule has 1 aliphatic rings. The van der Waals surface area contributed by atoms with Crippen LogP contribution >= 0.6 is 0 Å². The van der Waals surface area contributed by atoms with Gasteiger partial charge in [0, 0.05) is 6.04 Å². The molecule has 1 fully saturated rings. The maximum absolute atomic E-state index is 12.7. The smallest absolute Gasteiger partial charge is 0.310 e. The molecule has 0 heterocycles. The lowest BCUT2D eigenvalue weighted by Crippen LogP contribution is -2.34. The summed E-state index contributed by atoms with van der Waals surface area (Å²) >= 11 is 0. The quantitative estimate of drug-likeness (QED) is 0.845. The third-order valence-electron chi connectivity index (χ3n) is 4.29. The van der Waals surface area contributed by atoms with E-state index in [0.717, 1.165) is 6.54 Å². The van der Waals surface area contributed by atoms with Crippen LogP contribution in [0.2, 0.25) is 0 Å². The van der Waals surface area contributed by atoms with Crippen molar-refractivity contribution < 1.29 is 13.2 Å². The van der Waals surface area contributed by atoms with E-state index in [4.69, 9.17) is 0 Å². The molecule has 1 atom stereocenters. The zero-order chi connectivity index (χ0) is 14.6. The maximum Gasteiger partial charge on any atom is 0.391 e. The van der Waals surface area contributed by atoms with Crippen LogP contribution in [-0.2, 0) is 0 Å². The van der Waals surface area contributed by atoms with E-state index >= 15 is 0 Å². The van der Waals surface area contributed by atoms with Crippen molar-refractivity contribution in [2.75, 3.05) is 6.54 Å². The van der Waals surface area contributed by atoms with Crippen molar-refractivity contribution in [1.82, 2.24) is 5.32 Å². The van der Waals surface area contributed by atoms with Gasteiger partial charge in [-0.2, -0.15) is 13.2 Å². The van der Waals surface area contributed by atoms with Gasteiger partial charge >= 0.3 is 6.18 Å². The minimum Gasteiger partial charge on any atom is -0.310 e. The predicted molar refractivity (Wildman–Crippen MR) is 74.4 cm³/mol. The molecule has 1 saturated carbocycles. The Morgan fingerprint density at radius 3 is 2.20 bits per heavy atom. The van der Waals surface area contributed by atoms with Gasteiger partial charge in [-0.25, -0.2) is 0 Å². The van der Waals surface area contributed by atoms with Gasteiger partial charge in [0.2, 0.25) is 0 Å². The SMILES string of the molecule is CCNC(c1ccccc1)C1CCC(C(F)(F)F)CC1. The highest BCUT2D eigenvalue weighted by molar-refractivity contribution is 5.20. The van der Waals surface area contributed by atoms with Crippen LogP contribution in [0.25, 0.3) is 0 Å². The van der Waals surface area contributed by atoms with Gasteiger partial charge in [0.05, 0.1) is 5.92 Å². The molecule has 2 rings (SSSR count). The third-order valence-corrected chi connectivity index (χ3v) is 4.29. The van der Waals surface area contributed by atoms with Crippen molar-refractivity contribution in [3.8, 4) is 0 Å². The summed E-state index contributed by atoms with van der Waals surface area (Å²) < 4.78 is 38.2. The van der Waals surface area contributed by atoms with E-state index in [1.54, 1.807) is 0 Å². The molecule has 1 unspecified atom stereocenters. The van der Waals surface area contributed by atoms with E-state index in [9.17, 15) is 13.2 Å². The summed E-state index contributed by atoms with van der Waals surface area (Å²) in [7, 11) is 0. The average Bonchev–Trinajstić information content (AvgIpc) is 2.45. The standard InChI is InChI=1S/C16H22F3N/c1-2-20-15(12-6-4-3-5-7-12)13-8-10-14(11-9-13)16(17,18)19/h3-7,13-15,20H,2,8-11H2,1H3. The molecule has 0 aliphatic heterocycles. The van der Waals surface area contributed by atoms with Gasteiger partial charge in [-0.05, 0) is 43.7 Å². The molecular weight excluding hydrogens is 263 g/mol. The van der Waals surface area contributed by atoms with E-state index in [0.29, 0.717) is 18.8 Å². The first-order valence-electron chi connectivity index (χ1n) is 7.37. The molecule has 0 amide bonds. The first kappa shape index (κ1) is 15.4. The third kappa shape index (κ3) is 3.75. The van der Waals surface area contributed by atoms with Crippen LogP contribution in [0.4, 0.5) is 13.2 Å². The van der Waals surface area contributed by atoms with E-state index < -0.39 is 12.1 Å². The molecule has 0 radical (unpaired) electrons. The maximum atomic E-state index is 12.7. The highest BCUT2D eigenvalue weighted by Crippen LogP contribution is 2.43. The number of nitrogens with one attached hydrogen (secondary N) is 1. The minimum atomic E-state index is -4.02. The predicted octanol–water partition coefficient (Wildman–Crippen LogP) is 4.71. The number of alkyl halides is 3. The van der Waals surface area contributed by atoms with E-state index in [1.165, 1.54) is 5.56 Å². The Kier molecular flexibility index (Phi) is 5.08. The first-order valence-corrected chi connectivity index (χ1v) is 7.37. The normalized spacial score (nSPS) is 25.4. The van der Waals surface area contributed by atoms with Gasteiger partial charge in [-0.1, -0.05) is 37.3 Å². The van der Waals surface area contributed by atoms with E-state index in [-0.39, 0.29) is 18.9 Å². The van der Waals surface area contributed by atoms with Crippen LogP contribution < -0.4 is 5.32 Å². The van der Waals surface area contributed by atoms with Gasteiger partial charge in [0.15, 0.2) is 0 Å². The molecule has 1 aliphatic carbocycles. The van der Waals surface area contributed by atoms with Crippen LogP contribution in [0.5, 0.6) is 0 Å². The molecule has 1 N–H and O–H groups in total. The summed E-state index contributed by atoms with van der Waals surface area (Å²) in [6, 6.07) is 10.2. The summed E-state index contributed by atoms with van der Waals surface area (Å²) in [5, 5.41) is 3.44. The molecule has 0 aromatic heterocycles.